The molecule has 1 aliphatic rings. The fourth-order valence-electron chi connectivity index (χ4n) is 2.41. The van der Waals surface area contributed by atoms with Crippen molar-refractivity contribution >= 4 is 17.4 Å². The first-order chi connectivity index (χ1) is 10.6. The Labute approximate surface area is 129 Å². The zero-order valence-electron chi connectivity index (χ0n) is 12.7. The van der Waals surface area contributed by atoms with Crippen LogP contribution in [-0.2, 0) is 0 Å². The van der Waals surface area contributed by atoms with Gasteiger partial charge in [-0.25, -0.2) is 4.98 Å². The summed E-state index contributed by atoms with van der Waals surface area (Å²) in [7, 11) is 3.92. The Morgan fingerprint density at radius 2 is 2.14 bits per heavy atom. The summed E-state index contributed by atoms with van der Waals surface area (Å²) in [6.45, 7) is 1.52. The minimum atomic E-state index is -0.0347. The molecule has 0 spiro atoms. The minimum Gasteiger partial charge on any atom is -0.378 e. The van der Waals surface area contributed by atoms with E-state index in [2.05, 4.69) is 20.2 Å². The van der Waals surface area contributed by atoms with Crippen molar-refractivity contribution in [2.75, 3.05) is 37.0 Å². The van der Waals surface area contributed by atoms with Gasteiger partial charge in [-0.1, -0.05) is 6.07 Å². The maximum Gasteiger partial charge on any atom is 0.251 e. The molecule has 1 fully saturated rings. The van der Waals surface area contributed by atoms with Gasteiger partial charge < -0.3 is 15.1 Å². The van der Waals surface area contributed by atoms with Crippen molar-refractivity contribution < 1.29 is 4.79 Å². The molecule has 6 heteroatoms. The molecule has 1 aromatic heterocycles. The van der Waals surface area contributed by atoms with Gasteiger partial charge in [0, 0.05) is 50.8 Å². The molecule has 22 heavy (non-hydrogen) atoms. The Hall–Kier alpha value is -2.63. The number of hydrogen-bond acceptors (Lipinski definition) is 5. The Bertz CT molecular complexity index is 653. The van der Waals surface area contributed by atoms with Gasteiger partial charge in [0.15, 0.2) is 0 Å². The van der Waals surface area contributed by atoms with Crippen molar-refractivity contribution in [2.24, 2.45) is 0 Å². The van der Waals surface area contributed by atoms with Crippen LogP contribution < -0.4 is 15.1 Å². The lowest BCUT2D eigenvalue weighted by molar-refractivity contribution is 0.0930. The van der Waals surface area contributed by atoms with Gasteiger partial charge in [-0.15, -0.1) is 0 Å². The van der Waals surface area contributed by atoms with Gasteiger partial charge in [0.25, 0.3) is 5.91 Å². The van der Waals surface area contributed by atoms with E-state index in [1.54, 1.807) is 18.6 Å². The fraction of sp³-hybridized carbons (Fsp3) is 0.312. The van der Waals surface area contributed by atoms with Gasteiger partial charge in [-0.2, -0.15) is 0 Å². The highest BCUT2D eigenvalue weighted by Crippen LogP contribution is 2.18. The first kappa shape index (κ1) is 14.3. The highest BCUT2D eigenvalue weighted by molar-refractivity contribution is 5.95. The number of nitrogens with one attached hydrogen (secondary N) is 1. The van der Waals surface area contributed by atoms with E-state index in [-0.39, 0.29) is 11.9 Å². The van der Waals surface area contributed by atoms with Crippen molar-refractivity contribution in [3.63, 3.8) is 0 Å². The summed E-state index contributed by atoms with van der Waals surface area (Å²) < 4.78 is 0. The lowest BCUT2D eigenvalue weighted by Crippen LogP contribution is -2.59. The molecule has 0 aliphatic carbocycles. The zero-order chi connectivity index (χ0) is 15.5. The van der Waals surface area contributed by atoms with Crippen molar-refractivity contribution in [3.05, 3.63) is 48.4 Å². The van der Waals surface area contributed by atoms with Crippen LogP contribution in [0.3, 0.4) is 0 Å². The second kappa shape index (κ2) is 6.01. The highest BCUT2D eigenvalue weighted by atomic mass is 16.1. The van der Waals surface area contributed by atoms with Crippen molar-refractivity contribution in [3.8, 4) is 0 Å². The van der Waals surface area contributed by atoms with Crippen LogP contribution in [0.15, 0.2) is 42.9 Å². The summed E-state index contributed by atoms with van der Waals surface area (Å²) in [6.07, 6.45) is 5.06. The first-order valence-corrected chi connectivity index (χ1v) is 7.22. The van der Waals surface area contributed by atoms with Crippen LogP contribution in [0, 0.1) is 0 Å². The zero-order valence-corrected chi connectivity index (χ0v) is 12.7. The second-order valence-corrected chi connectivity index (χ2v) is 5.58. The quantitative estimate of drug-likeness (QED) is 0.917. The van der Waals surface area contributed by atoms with Gasteiger partial charge in [-0.05, 0) is 18.2 Å². The summed E-state index contributed by atoms with van der Waals surface area (Å²) in [4.78, 5) is 24.7. The number of amides is 1. The Balaban J connectivity index is 1.57. The van der Waals surface area contributed by atoms with Crippen molar-refractivity contribution in [1.29, 1.82) is 0 Å². The molecule has 2 heterocycles. The van der Waals surface area contributed by atoms with Gasteiger partial charge >= 0.3 is 0 Å². The highest BCUT2D eigenvalue weighted by Gasteiger charge is 2.29. The van der Waals surface area contributed by atoms with E-state index in [9.17, 15) is 4.79 Å². The number of aromatic nitrogens is 2. The molecule has 1 N–H and O–H groups in total. The van der Waals surface area contributed by atoms with Crippen LogP contribution in [0.5, 0.6) is 0 Å². The molecule has 1 aromatic carbocycles. The van der Waals surface area contributed by atoms with E-state index in [1.165, 1.54) is 0 Å². The number of carbonyl (C=O) groups is 1. The third kappa shape index (κ3) is 3.00. The molecule has 0 unspecified atom stereocenters. The number of benzene rings is 1. The summed E-state index contributed by atoms with van der Waals surface area (Å²) in [5.41, 5.74) is 1.70. The van der Waals surface area contributed by atoms with Gasteiger partial charge in [0.2, 0.25) is 0 Å². The first-order valence-electron chi connectivity index (χ1n) is 7.22. The summed E-state index contributed by atoms with van der Waals surface area (Å²) >= 11 is 0. The molecule has 3 rings (SSSR count). The van der Waals surface area contributed by atoms with Crippen molar-refractivity contribution in [1.82, 2.24) is 15.3 Å². The smallest absolute Gasteiger partial charge is 0.251 e. The van der Waals surface area contributed by atoms with E-state index in [0.29, 0.717) is 5.56 Å². The Morgan fingerprint density at radius 1 is 1.32 bits per heavy atom. The average Bonchev–Trinajstić information content (AvgIpc) is 2.51. The molecule has 0 bridgehead atoms. The van der Waals surface area contributed by atoms with E-state index in [0.717, 1.165) is 24.6 Å². The minimum absolute atomic E-state index is 0.0347. The molecule has 6 nitrogen and oxygen atoms in total. The molecule has 2 aromatic rings. The lowest BCUT2D eigenvalue weighted by atomic mass is 10.1. The fourth-order valence-corrected chi connectivity index (χ4v) is 2.41. The van der Waals surface area contributed by atoms with Gasteiger partial charge in [-0.3, -0.25) is 9.78 Å². The average molecular weight is 297 g/mol. The van der Waals surface area contributed by atoms with E-state index >= 15 is 0 Å². The molecular formula is C16H19N5O. The molecule has 1 aliphatic heterocycles. The van der Waals surface area contributed by atoms with Crippen molar-refractivity contribution in [2.45, 2.75) is 6.04 Å². The SMILES string of the molecule is CN(C)c1cccc(C(=O)NC2CN(c3cnccn3)C2)c1. The van der Waals surface area contributed by atoms with Crippen LogP contribution >= 0.6 is 0 Å². The summed E-state index contributed by atoms with van der Waals surface area (Å²) in [5, 5.41) is 3.05. The topological polar surface area (TPSA) is 61.4 Å². The Morgan fingerprint density at radius 3 is 2.82 bits per heavy atom. The predicted octanol–water partition coefficient (Wildman–Crippen LogP) is 1.16. The molecule has 0 atom stereocenters. The van der Waals surface area contributed by atoms with Crippen LogP contribution in [0.4, 0.5) is 11.5 Å². The third-order valence-corrected chi connectivity index (χ3v) is 3.72. The lowest BCUT2D eigenvalue weighted by Gasteiger charge is -2.40. The predicted molar refractivity (Wildman–Crippen MR) is 86.3 cm³/mol. The number of nitrogens with zero attached hydrogens (tertiary/aromatic N) is 4. The van der Waals surface area contributed by atoms with Crippen LogP contribution in [0.1, 0.15) is 10.4 Å². The number of hydrogen-bond donors (Lipinski definition) is 1. The molecule has 1 amide bonds. The largest absolute Gasteiger partial charge is 0.378 e. The third-order valence-electron chi connectivity index (χ3n) is 3.72. The number of rotatable bonds is 4. The molecule has 1 saturated heterocycles. The standard InChI is InChI=1S/C16H19N5O/c1-20(2)14-5-3-4-12(8-14)16(22)19-13-10-21(11-13)15-9-17-6-7-18-15/h3-9,13H,10-11H2,1-2H3,(H,19,22). The van der Waals surface area contributed by atoms with Gasteiger partial charge in [0.05, 0.1) is 12.2 Å². The van der Waals surface area contributed by atoms with E-state index in [4.69, 9.17) is 0 Å². The number of carbonyl (C=O) groups excluding carboxylic acids is 1. The summed E-state index contributed by atoms with van der Waals surface area (Å²) in [5.74, 6) is 0.815. The van der Waals surface area contributed by atoms with Crippen LogP contribution in [0.2, 0.25) is 0 Å². The molecule has 114 valence electrons. The van der Waals surface area contributed by atoms with Crippen LogP contribution in [-0.4, -0.2) is 49.1 Å². The van der Waals surface area contributed by atoms with E-state index < -0.39 is 0 Å². The Kier molecular flexibility index (Phi) is 3.91. The maximum atomic E-state index is 12.3. The second-order valence-electron chi connectivity index (χ2n) is 5.58. The van der Waals surface area contributed by atoms with Crippen LogP contribution in [0.25, 0.3) is 0 Å². The normalized spacial score (nSPS) is 14.4. The van der Waals surface area contributed by atoms with Gasteiger partial charge in [0.1, 0.15) is 5.82 Å². The molecular weight excluding hydrogens is 278 g/mol. The van der Waals surface area contributed by atoms with E-state index in [1.807, 2.05) is 43.3 Å². The molecule has 0 saturated carbocycles. The summed E-state index contributed by atoms with van der Waals surface area (Å²) in [6, 6.07) is 7.76. The number of anilines is 2. The molecule has 0 radical (unpaired) electrons. The maximum absolute atomic E-state index is 12.3. The monoisotopic (exact) mass is 297 g/mol.